The normalized spacial score (nSPS) is 16.4. The molecule has 5 amide bonds. The number of nitrogens with zero attached hydrogens (tertiary/aromatic N) is 2. The maximum Gasteiger partial charge on any atom is 0.417 e. The van der Waals surface area contributed by atoms with Gasteiger partial charge in [0.05, 0.1) is 6.04 Å². The first-order valence-corrected chi connectivity index (χ1v) is 15.3. The lowest BCUT2D eigenvalue weighted by molar-refractivity contribution is -0.136. The summed E-state index contributed by atoms with van der Waals surface area (Å²) in [7, 11) is 0. The van der Waals surface area contributed by atoms with E-state index < -0.39 is 53.9 Å². The van der Waals surface area contributed by atoms with Gasteiger partial charge in [-0.2, -0.15) is 0 Å². The van der Waals surface area contributed by atoms with E-state index in [2.05, 4.69) is 20.9 Å². The number of imide groups is 1. The van der Waals surface area contributed by atoms with Gasteiger partial charge in [-0.25, -0.2) is 9.69 Å². The van der Waals surface area contributed by atoms with Crippen molar-refractivity contribution >= 4 is 42.0 Å². The highest BCUT2D eigenvalue weighted by Gasteiger charge is 2.42. The monoisotopic (exact) mass is 629 g/mol. The summed E-state index contributed by atoms with van der Waals surface area (Å²) in [6.07, 6.45) is 0.977. The lowest BCUT2D eigenvalue weighted by Crippen LogP contribution is -2.57. The van der Waals surface area contributed by atoms with Gasteiger partial charge >= 0.3 is 6.09 Å². The van der Waals surface area contributed by atoms with Crippen molar-refractivity contribution in [2.24, 2.45) is 28.3 Å². The number of nitrogens with one attached hydrogen (secondary N) is 3. The van der Waals surface area contributed by atoms with Gasteiger partial charge in [0, 0.05) is 13.0 Å². The van der Waals surface area contributed by atoms with Gasteiger partial charge in [0.25, 0.3) is 0 Å². The van der Waals surface area contributed by atoms with E-state index in [1.54, 1.807) is 24.3 Å². The molecule has 1 aliphatic heterocycles. The Kier molecular flexibility index (Phi) is 15.0. The van der Waals surface area contributed by atoms with Crippen LogP contribution in [-0.4, -0.2) is 77.6 Å². The number of hydrogen-bond acceptors (Lipinski definition) is 8. The van der Waals surface area contributed by atoms with Crippen LogP contribution in [0.3, 0.4) is 0 Å². The lowest BCUT2D eigenvalue weighted by atomic mass is 9.99. The van der Waals surface area contributed by atoms with Crippen molar-refractivity contribution in [1.82, 2.24) is 20.9 Å². The van der Waals surface area contributed by atoms with Gasteiger partial charge in [0.1, 0.15) is 31.0 Å². The highest BCUT2D eigenvalue weighted by atomic mass is 16.6. The van der Waals surface area contributed by atoms with Crippen LogP contribution in [0.1, 0.15) is 71.8 Å². The van der Waals surface area contributed by atoms with Crippen LogP contribution in [0.2, 0.25) is 0 Å². The van der Waals surface area contributed by atoms with Gasteiger partial charge in [-0.05, 0) is 49.5 Å². The van der Waals surface area contributed by atoms with E-state index in [0.717, 1.165) is 10.5 Å². The summed E-state index contributed by atoms with van der Waals surface area (Å²) in [5.41, 5.74) is 11.4. The van der Waals surface area contributed by atoms with E-state index in [9.17, 15) is 28.8 Å². The van der Waals surface area contributed by atoms with Crippen molar-refractivity contribution in [2.75, 3.05) is 6.54 Å². The number of hydrogen-bond donors (Lipinski definition) is 5. The molecule has 45 heavy (non-hydrogen) atoms. The Labute approximate surface area is 264 Å². The fourth-order valence-corrected chi connectivity index (χ4v) is 4.87. The zero-order chi connectivity index (χ0) is 33.5. The minimum atomic E-state index is -1.15. The molecule has 14 nitrogen and oxygen atoms in total. The van der Waals surface area contributed by atoms with Crippen LogP contribution >= 0.6 is 0 Å². The maximum atomic E-state index is 13.5. The molecule has 1 heterocycles. The Hall–Kier alpha value is -4.49. The van der Waals surface area contributed by atoms with Crippen LogP contribution in [0.15, 0.2) is 35.3 Å². The molecular formula is C31H47N7O7. The SMILES string of the molecule is CC(C)C[C@H](NC(=O)[C@H](CC(C)C)NC(=O)[C@@H]1CCC(=O)N1C(=O)OCc1ccccc1)C(=O)N[C@H](C=O)CCCN=C(N)N. The number of aliphatic imine (C=N–C) groups is 1. The zero-order valence-electron chi connectivity index (χ0n) is 26.5. The Balaban J connectivity index is 2.11. The summed E-state index contributed by atoms with van der Waals surface area (Å²) >= 11 is 0. The second-order valence-corrected chi connectivity index (χ2v) is 11.9. The zero-order valence-corrected chi connectivity index (χ0v) is 26.5. The van der Waals surface area contributed by atoms with Crippen molar-refractivity contribution in [3.8, 4) is 0 Å². The standard InChI is InChI=1S/C31H47N7O7/c1-19(2)15-23(27(41)35-22(17-39)11-8-14-34-30(32)33)36-28(42)24(16-20(3)4)37-29(43)25-12-13-26(40)38(25)31(44)45-18-21-9-6-5-7-10-21/h5-7,9-10,17,19-20,22-25H,8,11-16,18H2,1-4H3,(H,35,41)(H,36,42)(H,37,43)(H4,32,33,34)/t22-,23-,24-,25-/m0/s1. The Morgan fingerprint density at radius 2 is 1.58 bits per heavy atom. The van der Waals surface area contributed by atoms with Gasteiger partial charge < -0.3 is 36.9 Å². The predicted octanol–water partition coefficient (Wildman–Crippen LogP) is 1.11. The molecule has 0 unspecified atom stereocenters. The van der Waals surface area contributed by atoms with E-state index in [0.29, 0.717) is 25.7 Å². The van der Waals surface area contributed by atoms with Crippen LogP contribution in [0.25, 0.3) is 0 Å². The number of ether oxygens (including phenoxy) is 1. The Morgan fingerprint density at radius 3 is 2.16 bits per heavy atom. The summed E-state index contributed by atoms with van der Waals surface area (Å²) in [6.45, 7) is 7.72. The maximum absolute atomic E-state index is 13.5. The fraction of sp³-hybridized carbons (Fsp3) is 0.581. The average molecular weight is 630 g/mol. The minimum Gasteiger partial charge on any atom is -0.444 e. The second-order valence-electron chi connectivity index (χ2n) is 11.9. The summed E-state index contributed by atoms with van der Waals surface area (Å²) < 4.78 is 5.30. The number of benzene rings is 1. The minimum absolute atomic E-state index is 0.00990. The summed E-state index contributed by atoms with van der Waals surface area (Å²) in [4.78, 5) is 81.8. The molecular weight excluding hydrogens is 582 g/mol. The van der Waals surface area contributed by atoms with Gasteiger partial charge in [-0.15, -0.1) is 0 Å². The van der Waals surface area contributed by atoms with Gasteiger partial charge in [0.2, 0.25) is 23.6 Å². The fourth-order valence-electron chi connectivity index (χ4n) is 4.87. The van der Waals surface area contributed by atoms with E-state index in [1.807, 2.05) is 33.8 Å². The third-order valence-corrected chi connectivity index (χ3v) is 7.06. The number of aldehydes is 1. The molecule has 4 atom stereocenters. The second kappa shape index (κ2) is 18.3. The van der Waals surface area contributed by atoms with Gasteiger partial charge in [-0.3, -0.25) is 24.2 Å². The molecule has 0 saturated carbocycles. The number of nitrogens with two attached hydrogens (primary N) is 2. The molecule has 2 rings (SSSR count). The topological polar surface area (TPSA) is 215 Å². The highest BCUT2D eigenvalue weighted by molar-refractivity contribution is 6.01. The summed E-state index contributed by atoms with van der Waals surface area (Å²) in [5.74, 6) is -2.45. The number of likely N-dealkylation sites (tertiary alicyclic amines) is 1. The molecule has 14 heteroatoms. The van der Waals surface area contributed by atoms with Crippen molar-refractivity contribution < 1.29 is 33.5 Å². The number of carbonyl (C=O) groups excluding carboxylic acids is 6. The molecule has 1 aromatic rings. The Morgan fingerprint density at radius 1 is 0.978 bits per heavy atom. The summed E-state index contributed by atoms with van der Waals surface area (Å²) in [5, 5.41) is 8.08. The molecule has 0 spiro atoms. The quantitative estimate of drug-likeness (QED) is 0.0721. The summed E-state index contributed by atoms with van der Waals surface area (Å²) in [6, 6.07) is 4.92. The molecule has 1 fully saturated rings. The van der Waals surface area contributed by atoms with Crippen molar-refractivity contribution in [3.05, 3.63) is 35.9 Å². The van der Waals surface area contributed by atoms with Crippen LogP contribution in [0, 0.1) is 11.8 Å². The average Bonchev–Trinajstić information content (AvgIpc) is 3.37. The molecule has 7 N–H and O–H groups in total. The predicted molar refractivity (Wildman–Crippen MR) is 167 cm³/mol. The van der Waals surface area contributed by atoms with E-state index >= 15 is 0 Å². The Bertz CT molecular complexity index is 1200. The molecule has 1 aliphatic rings. The molecule has 0 bridgehead atoms. The molecule has 1 saturated heterocycles. The highest BCUT2D eigenvalue weighted by Crippen LogP contribution is 2.21. The van der Waals surface area contributed by atoms with Crippen LogP contribution < -0.4 is 27.4 Å². The smallest absolute Gasteiger partial charge is 0.417 e. The first kappa shape index (κ1) is 36.7. The van der Waals surface area contributed by atoms with Crippen molar-refractivity contribution in [3.63, 3.8) is 0 Å². The number of amides is 5. The first-order chi connectivity index (χ1) is 21.3. The van der Waals surface area contributed by atoms with E-state index in [4.69, 9.17) is 16.2 Å². The number of carbonyl (C=O) groups is 6. The van der Waals surface area contributed by atoms with E-state index in [-0.39, 0.29) is 50.1 Å². The third-order valence-electron chi connectivity index (χ3n) is 7.06. The van der Waals surface area contributed by atoms with Gasteiger partial charge in [0.15, 0.2) is 5.96 Å². The van der Waals surface area contributed by atoms with Crippen LogP contribution in [0.4, 0.5) is 4.79 Å². The van der Waals surface area contributed by atoms with Crippen molar-refractivity contribution in [1.29, 1.82) is 0 Å². The molecule has 248 valence electrons. The van der Waals surface area contributed by atoms with Gasteiger partial charge in [-0.1, -0.05) is 58.0 Å². The molecule has 1 aromatic carbocycles. The largest absolute Gasteiger partial charge is 0.444 e. The molecule has 0 radical (unpaired) electrons. The third kappa shape index (κ3) is 12.6. The molecule has 0 aliphatic carbocycles. The van der Waals surface area contributed by atoms with E-state index in [1.165, 1.54) is 0 Å². The molecule has 0 aromatic heterocycles. The van der Waals surface area contributed by atoms with Crippen molar-refractivity contribution in [2.45, 2.75) is 97.0 Å². The van der Waals surface area contributed by atoms with Crippen LogP contribution in [0.5, 0.6) is 0 Å². The number of rotatable bonds is 17. The van der Waals surface area contributed by atoms with Crippen LogP contribution in [-0.2, 0) is 35.3 Å². The lowest BCUT2D eigenvalue weighted by Gasteiger charge is -2.28. The number of guanidine groups is 1. The first-order valence-electron chi connectivity index (χ1n) is 15.3.